The third kappa shape index (κ3) is 2.49. The molecule has 0 fully saturated rings. The molecule has 0 aliphatic carbocycles. The Hall–Kier alpha value is -2.00. The van der Waals surface area contributed by atoms with Gasteiger partial charge in [-0.15, -0.1) is 11.6 Å². The van der Waals surface area contributed by atoms with Crippen molar-refractivity contribution in [3.05, 3.63) is 69.7 Å². The summed E-state index contributed by atoms with van der Waals surface area (Å²) in [6.07, 6.45) is 1.01. The molecule has 0 aliphatic heterocycles. The average Bonchev–Trinajstić information content (AvgIpc) is 2.81. The summed E-state index contributed by atoms with van der Waals surface area (Å²) in [6.45, 7) is 2.12. The van der Waals surface area contributed by atoms with Gasteiger partial charge in [0.05, 0.1) is 10.9 Å². The van der Waals surface area contributed by atoms with Gasteiger partial charge in [0.25, 0.3) is 0 Å². The molecule has 1 aromatic heterocycles. The van der Waals surface area contributed by atoms with Gasteiger partial charge in [-0.1, -0.05) is 37.3 Å². The van der Waals surface area contributed by atoms with Gasteiger partial charge in [0, 0.05) is 7.05 Å². The van der Waals surface area contributed by atoms with Crippen LogP contribution < -0.4 is 5.76 Å². The van der Waals surface area contributed by atoms with Crippen LogP contribution in [-0.2, 0) is 13.5 Å². The minimum atomic E-state index is -0.361. The van der Waals surface area contributed by atoms with Gasteiger partial charge in [0.2, 0.25) is 0 Å². The molecule has 0 saturated heterocycles. The third-order valence-corrected chi connectivity index (χ3v) is 4.29. The number of fused-ring (bicyclic) bond motifs is 1. The van der Waals surface area contributed by atoms with E-state index in [0.717, 1.165) is 23.1 Å². The van der Waals surface area contributed by atoms with Gasteiger partial charge in [-0.2, -0.15) is 0 Å². The van der Waals surface area contributed by atoms with Gasteiger partial charge < -0.3 is 4.42 Å². The third-order valence-electron chi connectivity index (χ3n) is 3.79. The number of oxazole rings is 1. The Kier molecular flexibility index (Phi) is 3.60. The predicted molar refractivity (Wildman–Crippen MR) is 85.0 cm³/mol. The van der Waals surface area contributed by atoms with Gasteiger partial charge in [0.1, 0.15) is 0 Å². The van der Waals surface area contributed by atoms with Crippen LogP contribution in [0, 0.1) is 0 Å². The van der Waals surface area contributed by atoms with Gasteiger partial charge in [0.15, 0.2) is 5.58 Å². The van der Waals surface area contributed by atoms with Crippen LogP contribution in [0.3, 0.4) is 0 Å². The van der Waals surface area contributed by atoms with Crippen molar-refractivity contribution in [3.8, 4) is 0 Å². The van der Waals surface area contributed by atoms with E-state index in [1.54, 1.807) is 7.05 Å². The molecule has 1 unspecified atom stereocenters. The molecule has 21 heavy (non-hydrogen) atoms. The van der Waals surface area contributed by atoms with Crippen LogP contribution in [-0.4, -0.2) is 4.57 Å². The first-order valence-electron chi connectivity index (χ1n) is 6.92. The highest BCUT2D eigenvalue weighted by atomic mass is 35.5. The molecule has 0 bridgehead atoms. The summed E-state index contributed by atoms with van der Waals surface area (Å²) in [5.74, 6) is -0.361. The van der Waals surface area contributed by atoms with Crippen molar-refractivity contribution in [2.45, 2.75) is 18.7 Å². The lowest BCUT2D eigenvalue weighted by Gasteiger charge is -2.11. The number of rotatable bonds is 3. The Morgan fingerprint density at radius 2 is 1.81 bits per heavy atom. The normalized spacial score (nSPS) is 12.7. The van der Waals surface area contributed by atoms with Gasteiger partial charge in [-0.25, -0.2) is 4.79 Å². The predicted octanol–water partition coefficient (Wildman–Crippen LogP) is 4.02. The van der Waals surface area contributed by atoms with Gasteiger partial charge in [-0.05, 0) is 35.2 Å². The molecule has 3 nitrogen and oxygen atoms in total. The molecule has 0 aliphatic rings. The monoisotopic (exact) mass is 301 g/mol. The van der Waals surface area contributed by atoms with E-state index in [4.69, 9.17) is 16.0 Å². The summed E-state index contributed by atoms with van der Waals surface area (Å²) in [6, 6.07) is 13.9. The zero-order valence-corrected chi connectivity index (χ0v) is 12.7. The molecule has 0 spiro atoms. The Morgan fingerprint density at radius 3 is 2.48 bits per heavy atom. The van der Waals surface area contributed by atoms with Crippen molar-refractivity contribution in [3.63, 3.8) is 0 Å². The van der Waals surface area contributed by atoms with Crippen LogP contribution >= 0.6 is 11.6 Å². The zero-order valence-electron chi connectivity index (χ0n) is 12.0. The van der Waals surface area contributed by atoms with E-state index in [2.05, 4.69) is 19.1 Å². The van der Waals surface area contributed by atoms with Crippen molar-refractivity contribution in [1.29, 1.82) is 0 Å². The standard InChI is InChI=1S/C17H16ClNO2/c1-3-11-4-6-12(7-5-11)16(18)13-8-9-14-15(10-13)21-17(20)19(14)2/h4-10,16H,3H2,1-2H3. The lowest BCUT2D eigenvalue weighted by Crippen LogP contribution is -2.08. The van der Waals surface area contributed by atoms with E-state index in [-0.39, 0.29) is 11.1 Å². The topological polar surface area (TPSA) is 35.1 Å². The van der Waals surface area contributed by atoms with Crippen molar-refractivity contribution < 1.29 is 4.42 Å². The smallest absolute Gasteiger partial charge is 0.408 e. The second kappa shape index (κ2) is 5.41. The molecule has 108 valence electrons. The number of aromatic nitrogens is 1. The summed E-state index contributed by atoms with van der Waals surface area (Å²) in [5.41, 5.74) is 4.58. The fraction of sp³-hybridized carbons (Fsp3) is 0.235. The molecular weight excluding hydrogens is 286 g/mol. The number of halogens is 1. The van der Waals surface area contributed by atoms with Gasteiger partial charge >= 0.3 is 5.76 Å². The number of hydrogen-bond donors (Lipinski definition) is 0. The molecule has 0 N–H and O–H groups in total. The Morgan fingerprint density at radius 1 is 1.14 bits per heavy atom. The maximum absolute atomic E-state index is 11.5. The van der Waals surface area contributed by atoms with E-state index in [9.17, 15) is 4.79 Å². The van der Waals surface area contributed by atoms with Gasteiger partial charge in [-0.3, -0.25) is 4.57 Å². The lowest BCUT2D eigenvalue weighted by molar-refractivity contribution is 0.528. The first-order valence-corrected chi connectivity index (χ1v) is 7.36. The van der Waals surface area contributed by atoms with Crippen LogP contribution in [0.1, 0.15) is 29.0 Å². The first kappa shape index (κ1) is 14.0. The molecule has 0 amide bonds. The molecule has 1 heterocycles. The second-order valence-electron chi connectivity index (χ2n) is 5.11. The minimum absolute atomic E-state index is 0.259. The molecule has 0 saturated carbocycles. The molecule has 4 heteroatoms. The maximum Gasteiger partial charge on any atom is 0.419 e. The number of benzene rings is 2. The molecule has 1 atom stereocenters. The van der Waals surface area contributed by atoms with E-state index in [1.165, 1.54) is 10.1 Å². The maximum atomic E-state index is 11.5. The molecule has 3 aromatic rings. The van der Waals surface area contributed by atoms with E-state index < -0.39 is 0 Å². The number of nitrogens with zero attached hydrogens (tertiary/aromatic N) is 1. The fourth-order valence-corrected chi connectivity index (χ4v) is 2.70. The van der Waals surface area contributed by atoms with Crippen LogP contribution in [0.2, 0.25) is 0 Å². The Labute approximate surface area is 127 Å². The SMILES string of the molecule is CCc1ccc(C(Cl)c2ccc3c(c2)oc(=O)n3C)cc1. The summed E-state index contributed by atoms with van der Waals surface area (Å²) in [4.78, 5) is 11.5. The fourth-order valence-electron chi connectivity index (χ4n) is 2.42. The van der Waals surface area contributed by atoms with Crippen molar-refractivity contribution in [2.24, 2.45) is 7.05 Å². The summed E-state index contributed by atoms with van der Waals surface area (Å²) >= 11 is 6.55. The van der Waals surface area contributed by atoms with Crippen molar-refractivity contribution in [1.82, 2.24) is 4.57 Å². The number of hydrogen-bond acceptors (Lipinski definition) is 2. The molecule has 3 rings (SSSR count). The molecular formula is C17H16ClNO2. The highest BCUT2D eigenvalue weighted by Gasteiger charge is 2.14. The van der Waals surface area contributed by atoms with Crippen molar-refractivity contribution >= 4 is 22.7 Å². The summed E-state index contributed by atoms with van der Waals surface area (Å²) in [5, 5.41) is -0.259. The van der Waals surface area contributed by atoms with Crippen LogP contribution in [0.4, 0.5) is 0 Å². The quantitative estimate of drug-likeness (QED) is 0.685. The van der Waals surface area contributed by atoms with E-state index >= 15 is 0 Å². The van der Waals surface area contributed by atoms with Crippen LogP contribution in [0.15, 0.2) is 51.7 Å². The van der Waals surface area contributed by atoms with E-state index in [1.807, 2.05) is 30.3 Å². The van der Waals surface area contributed by atoms with Crippen LogP contribution in [0.25, 0.3) is 11.1 Å². The highest BCUT2D eigenvalue weighted by Crippen LogP contribution is 2.30. The second-order valence-corrected chi connectivity index (χ2v) is 5.55. The summed E-state index contributed by atoms with van der Waals surface area (Å²) < 4.78 is 6.70. The average molecular weight is 302 g/mol. The Bertz CT molecular complexity index is 830. The lowest BCUT2D eigenvalue weighted by atomic mass is 10.0. The zero-order chi connectivity index (χ0) is 15.0. The first-order chi connectivity index (χ1) is 10.1. The Balaban J connectivity index is 2.00. The highest BCUT2D eigenvalue weighted by molar-refractivity contribution is 6.22. The van der Waals surface area contributed by atoms with Crippen molar-refractivity contribution in [2.75, 3.05) is 0 Å². The number of alkyl halides is 1. The largest absolute Gasteiger partial charge is 0.419 e. The molecule has 0 radical (unpaired) electrons. The van der Waals surface area contributed by atoms with Crippen LogP contribution in [0.5, 0.6) is 0 Å². The van der Waals surface area contributed by atoms with E-state index in [0.29, 0.717) is 5.58 Å². The minimum Gasteiger partial charge on any atom is -0.408 e. The number of aryl methyl sites for hydroxylation is 2. The summed E-state index contributed by atoms with van der Waals surface area (Å²) in [7, 11) is 1.69. The molecule has 2 aromatic carbocycles.